The summed E-state index contributed by atoms with van der Waals surface area (Å²) in [7, 11) is 0. The second kappa shape index (κ2) is 5.69. The first-order valence-electron chi connectivity index (χ1n) is 7.09. The highest BCUT2D eigenvalue weighted by Crippen LogP contribution is 2.28. The van der Waals surface area contributed by atoms with Crippen molar-refractivity contribution in [3.8, 4) is 0 Å². The number of nitro groups is 1. The lowest BCUT2D eigenvalue weighted by Gasteiger charge is -2.25. The minimum atomic E-state index is -0.461. The van der Waals surface area contributed by atoms with Crippen LogP contribution in [0.25, 0.3) is 11.1 Å². The van der Waals surface area contributed by atoms with E-state index in [1.54, 1.807) is 12.1 Å². The Labute approximate surface area is 121 Å². The topological polar surface area (TPSA) is 101 Å². The minimum Gasteiger partial charge on any atom is -0.423 e. The van der Waals surface area contributed by atoms with Gasteiger partial charge >= 0.3 is 0 Å². The Morgan fingerprint density at radius 3 is 2.86 bits per heavy atom. The molecule has 0 bridgehead atoms. The molecule has 0 radical (unpaired) electrons. The van der Waals surface area contributed by atoms with Gasteiger partial charge in [0.05, 0.1) is 11.0 Å². The molecule has 1 aromatic heterocycles. The molecule has 2 aromatic rings. The van der Waals surface area contributed by atoms with Crippen molar-refractivity contribution in [2.45, 2.75) is 31.8 Å². The zero-order chi connectivity index (χ0) is 14.8. The standard InChI is InChI=1S/C14H17N3O4/c18-10-6-4-9(5-7-10)8-15-14-16-13-11(17(19)20)2-1-3-12(13)21-14/h1-3,9-10,18H,4-8H2,(H,15,16). The molecule has 0 aliphatic heterocycles. The Balaban J connectivity index is 1.70. The molecule has 1 aliphatic rings. The summed E-state index contributed by atoms with van der Waals surface area (Å²) >= 11 is 0. The summed E-state index contributed by atoms with van der Waals surface area (Å²) in [5, 5.41) is 23.5. The Morgan fingerprint density at radius 2 is 2.14 bits per heavy atom. The lowest BCUT2D eigenvalue weighted by atomic mass is 9.87. The third-order valence-corrected chi connectivity index (χ3v) is 3.95. The van der Waals surface area contributed by atoms with Crippen LogP contribution in [-0.4, -0.2) is 27.7 Å². The largest absolute Gasteiger partial charge is 0.423 e. The molecule has 2 N–H and O–H groups in total. The monoisotopic (exact) mass is 291 g/mol. The number of para-hydroxylation sites is 1. The molecule has 1 heterocycles. The van der Waals surface area contributed by atoms with Gasteiger partial charge < -0.3 is 14.8 Å². The van der Waals surface area contributed by atoms with E-state index in [9.17, 15) is 15.2 Å². The summed E-state index contributed by atoms with van der Waals surface area (Å²) in [4.78, 5) is 14.6. The van der Waals surface area contributed by atoms with Gasteiger partial charge in [-0.25, -0.2) is 0 Å². The van der Waals surface area contributed by atoms with Gasteiger partial charge in [-0.15, -0.1) is 0 Å². The maximum absolute atomic E-state index is 10.9. The Hall–Kier alpha value is -2.15. The van der Waals surface area contributed by atoms with Gasteiger partial charge in [-0.3, -0.25) is 10.1 Å². The number of aliphatic hydroxyl groups is 1. The molecule has 3 rings (SSSR count). The number of aliphatic hydroxyl groups excluding tert-OH is 1. The van der Waals surface area contributed by atoms with Gasteiger partial charge in [0.15, 0.2) is 11.1 Å². The molecule has 0 spiro atoms. The molecule has 0 saturated heterocycles. The number of anilines is 1. The fourth-order valence-electron chi connectivity index (χ4n) is 2.74. The fourth-order valence-corrected chi connectivity index (χ4v) is 2.74. The molecule has 1 aromatic carbocycles. The molecule has 7 nitrogen and oxygen atoms in total. The summed E-state index contributed by atoms with van der Waals surface area (Å²) in [6.45, 7) is 0.702. The number of nitrogens with zero attached hydrogens (tertiary/aromatic N) is 2. The molecule has 1 aliphatic carbocycles. The summed E-state index contributed by atoms with van der Waals surface area (Å²) in [6.07, 6.45) is 3.41. The molecule has 21 heavy (non-hydrogen) atoms. The molecular formula is C14H17N3O4. The van der Waals surface area contributed by atoms with Gasteiger partial charge in [0.25, 0.3) is 11.7 Å². The smallest absolute Gasteiger partial charge is 0.298 e. The van der Waals surface area contributed by atoms with Gasteiger partial charge in [-0.2, -0.15) is 4.98 Å². The van der Waals surface area contributed by atoms with E-state index in [-0.39, 0.29) is 17.3 Å². The lowest BCUT2D eigenvalue weighted by Crippen LogP contribution is -2.23. The molecule has 112 valence electrons. The van der Waals surface area contributed by atoms with Crippen molar-refractivity contribution in [1.29, 1.82) is 0 Å². The van der Waals surface area contributed by atoms with E-state index in [0.29, 0.717) is 24.1 Å². The average molecular weight is 291 g/mol. The van der Waals surface area contributed by atoms with Crippen molar-refractivity contribution in [1.82, 2.24) is 4.98 Å². The molecule has 1 fully saturated rings. The van der Waals surface area contributed by atoms with Crippen LogP contribution in [0.3, 0.4) is 0 Å². The van der Waals surface area contributed by atoms with Crippen molar-refractivity contribution in [2.24, 2.45) is 5.92 Å². The van der Waals surface area contributed by atoms with Crippen LogP contribution in [0.4, 0.5) is 11.7 Å². The van der Waals surface area contributed by atoms with Gasteiger partial charge in [-0.1, -0.05) is 6.07 Å². The molecular weight excluding hydrogens is 274 g/mol. The third-order valence-electron chi connectivity index (χ3n) is 3.95. The van der Waals surface area contributed by atoms with Crippen LogP contribution in [0.1, 0.15) is 25.7 Å². The van der Waals surface area contributed by atoms with Crippen molar-refractivity contribution in [3.05, 3.63) is 28.3 Å². The highest BCUT2D eigenvalue weighted by Gasteiger charge is 2.21. The molecule has 7 heteroatoms. The van der Waals surface area contributed by atoms with E-state index in [1.165, 1.54) is 6.07 Å². The molecule has 1 saturated carbocycles. The predicted molar refractivity (Wildman–Crippen MR) is 77.1 cm³/mol. The second-order valence-corrected chi connectivity index (χ2v) is 5.46. The number of nitrogens with one attached hydrogen (secondary N) is 1. The number of nitro benzene ring substituents is 1. The quantitative estimate of drug-likeness (QED) is 0.663. The van der Waals surface area contributed by atoms with E-state index in [2.05, 4.69) is 10.3 Å². The number of hydrogen-bond donors (Lipinski definition) is 2. The predicted octanol–water partition coefficient (Wildman–Crippen LogP) is 2.70. The van der Waals surface area contributed by atoms with Crippen LogP contribution < -0.4 is 5.32 Å². The normalized spacial score (nSPS) is 22.3. The minimum absolute atomic E-state index is 0.0508. The van der Waals surface area contributed by atoms with Gasteiger partial charge in [0.2, 0.25) is 0 Å². The zero-order valence-electron chi connectivity index (χ0n) is 11.5. The Kier molecular flexibility index (Phi) is 3.74. The average Bonchev–Trinajstić information content (AvgIpc) is 2.89. The number of non-ortho nitro benzene ring substituents is 1. The summed E-state index contributed by atoms with van der Waals surface area (Å²) < 4.78 is 5.49. The lowest BCUT2D eigenvalue weighted by molar-refractivity contribution is -0.383. The van der Waals surface area contributed by atoms with Crippen LogP contribution in [0, 0.1) is 16.0 Å². The number of fused-ring (bicyclic) bond motifs is 1. The van der Waals surface area contributed by atoms with Crippen LogP contribution in [-0.2, 0) is 0 Å². The van der Waals surface area contributed by atoms with Crippen molar-refractivity contribution in [2.75, 3.05) is 11.9 Å². The Bertz CT molecular complexity index is 647. The molecule has 0 amide bonds. The number of rotatable bonds is 4. The zero-order valence-corrected chi connectivity index (χ0v) is 11.5. The third kappa shape index (κ3) is 2.97. The number of oxazole rings is 1. The number of aromatic nitrogens is 1. The van der Waals surface area contributed by atoms with E-state index < -0.39 is 4.92 Å². The van der Waals surface area contributed by atoms with Gasteiger partial charge in [0.1, 0.15) is 0 Å². The maximum Gasteiger partial charge on any atom is 0.298 e. The SMILES string of the molecule is O=[N+]([O-])c1cccc2oc(NCC3CCC(O)CC3)nc12. The van der Waals surface area contributed by atoms with Crippen molar-refractivity contribution < 1.29 is 14.4 Å². The number of benzene rings is 1. The molecule has 0 atom stereocenters. The van der Waals surface area contributed by atoms with Crippen molar-refractivity contribution in [3.63, 3.8) is 0 Å². The highest BCUT2D eigenvalue weighted by molar-refractivity contribution is 5.83. The second-order valence-electron chi connectivity index (χ2n) is 5.46. The van der Waals surface area contributed by atoms with Crippen molar-refractivity contribution >= 4 is 22.8 Å². The first-order valence-corrected chi connectivity index (χ1v) is 7.09. The highest BCUT2D eigenvalue weighted by atomic mass is 16.6. The first-order chi connectivity index (χ1) is 10.1. The van der Waals surface area contributed by atoms with Crippen LogP contribution >= 0.6 is 0 Å². The van der Waals surface area contributed by atoms with Crippen LogP contribution in [0.2, 0.25) is 0 Å². The van der Waals surface area contributed by atoms with Crippen LogP contribution in [0.15, 0.2) is 22.6 Å². The summed E-state index contributed by atoms with van der Waals surface area (Å²) in [6, 6.07) is 4.97. The maximum atomic E-state index is 10.9. The fraction of sp³-hybridized carbons (Fsp3) is 0.500. The van der Waals surface area contributed by atoms with Crippen LogP contribution in [0.5, 0.6) is 0 Å². The number of hydrogen-bond acceptors (Lipinski definition) is 6. The summed E-state index contributed by atoms with van der Waals surface area (Å²) in [5.74, 6) is 0.471. The first kappa shape index (κ1) is 13.8. The van der Waals surface area contributed by atoms with Gasteiger partial charge in [0, 0.05) is 12.6 Å². The molecule has 0 unspecified atom stereocenters. The van der Waals surface area contributed by atoms with E-state index in [4.69, 9.17) is 4.42 Å². The Morgan fingerprint density at radius 1 is 1.38 bits per heavy atom. The summed E-state index contributed by atoms with van der Waals surface area (Å²) in [5.41, 5.74) is 0.625. The van der Waals surface area contributed by atoms with E-state index in [1.807, 2.05) is 0 Å². The van der Waals surface area contributed by atoms with E-state index in [0.717, 1.165) is 25.7 Å². The van der Waals surface area contributed by atoms with Gasteiger partial charge in [-0.05, 0) is 37.7 Å². The van der Waals surface area contributed by atoms with E-state index >= 15 is 0 Å².